The first kappa shape index (κ1) is 15.1. The zero-order valence-electron chi connectivity index (χ0n) is 9.65. The Kier molecular flexibility index (Phi) is 5.12. The summed E-state index contributed by atoms with van der Waals surface area (Å²) in [6, 6.07) is 0. The lowest BCUT2D eigenvalue weighted by Gasteiger charge is -2.30. The van der Waals surface area contributed by atoms with Gasteiger partial charge in [-0.25, -0.2) is 0 Å². The molecule has 0 spiro atoms. The molecule has 0 aromatic carbocycles. The topological polar surface area (TPSA) is 104 Å². The molecule has 2 N–H and O–H groups in total. The molecule has 1 aliphatic heterocycles. The highest BCUT2D eigenvalue weighted by atomic mass is 32.2. The van der Waals surface area contributed by atoms with E-state index in [1.165, 1.54) is 0 Å². The van der Waals surface area contributed by atoms with Crippen LogP contribution in [0.2, 0.25) is 0 Å². The van der Waals surface area contributed by atoms with E-state index < -0.39 is 29.6 Å². The number of likely N-dealkylation sites (N-methyl/N-ethyl adjacent to an activating group) is 1. The van der Waals surface area contributed by atoms with Gasteiger partial charge in [0.15, 0.2) is 0 Å². The van der Waals surface area contributed by atoms with Crippen molar-refractivity contribution in [2.45, 2.75) is 18.9 Å². The summed E-state index contributed by atoms with van der Waals surface area (Å²) >= 11 is 0. The van der Waals surface area contributed by atoms with E-state index in [0.717, 1.165) is 13.0 Å². The summed E-state index contributed by atoms with van der Waals surface area (Å²) in [7, 11) is -6.30. The minimum absolute atomic E-state index is 0.356. The molecule has 0 bridgehead atoms. The molecule has 0 aromatic heterocycles. The average Bonchev–Trinajstić information content (AvgIpc) is 2.13. The molecule has 1 rings (SSSR count). The standard InChI is InChI=1S/C8H18NO6PS/c1-9-4-2-3-8(7-9)15-16(10,11)5-6-17(12,13)14/h8H,2-7H2,1H3,(H,10,11)(H,12,13,14). The minimum atomic E-state index is -4.23. The number of hydrogen-bond acceptors (Lipinski definition) is 5. The van der Waals surface area contributed by atoms with Gasteiger partial charge in [-0.1, -0.05) is 0 Å². The average molecular weight is 287 g/mol. The zero-order valence-corrected chi connectivity index (χ0v) is 11.4. The van der Waals surface area contributed by atoms with Gasteiger partial charge < -0.3 is 14.3 Å². The first-order valence-electron chi connectivity index (χ1n) is 5.32. The molecule has 17 heavy (non-hydrogen) atoms. The second-order valence-electron chi connectivity index (χ2n) is 4.28. The third-order valence-corrected chi connectivity index (χ3v) is 4.97. The number of likely N-dealkylation sites (tertiary alicyclic amines) is 1. The highest BCUT2D eigenvalue weighted by molar-refractivity contribution is 7.86. The molecule has 0 aliphatic carbocycles. The molecular formula is C8H18NO6PS. The van der Waals surface area contributed by atoms with Crippen LogP contribution in [0.4, 0.5) is 0 Å². The summed E-state index contributed by atoms with van der Waals surface area (Å²) in [5.74, 6) is -0.761. The molecular weight excluding hydrogens is 269 g/mol. The Bertz CT molecular complexity index is 397. The Morgan fingerprint density at radius 1 is 1.53 bits per heavy atom. The highest BCUT2D eigenvalue weighted by Crippen LogP contribution is 2.44. The van der Waals surface area contributed by atoms with Crippen molar-refractivity contribution in [2.24, 2.45) is 0 Å². The predicted molar refractivity (Wildman–Crippen MR) is 62.7 cm³/mol. The van der Waals surface area contributed by atoms with Crippen molar-refractivity contribution in [2.75, 3.05) is 32.1 Å². The third-order valence-electron chi connectivity index (χ3n) is 2.53. The molecule has 1 fully saturated rings. The second-order valence-corrected chi connectivity index (χ2v) is 7.78. The molecule has 9 heteroatoms. The molecule has 0 amide bonds. The van der Waals surface area contributed by atoms with Crippen LogP contribution in [0.3, 0.4) is 0 Å². The number of nitrogens with zero attached hydrogens (tertiary/aromatic N) is 1. The molecule has 0 radical (unpaired) electrons. The van der Waals surface area contributed by atoms with E-state index >= 15 is 0 Å². The number of piperidine rings is 1. The molecule has 2 unspecified atom stereocenters. The van der Waals surface area contributed by atoms with E-state index in [-0.39, 0.29) is 6.10 Å². The molecule has 1 aliphatic rings. The van der Waals surface area contributed by atoms with Crippen molar-refractivity contribution in [3.63, 3.8) is 0 Å². The van der Waals surface area contributed by atoms with E-state index in [2.05, 4.69) is 0 Å². The fourth-order valence-electron chi connectivity index (χ4n) is 1.72. The van der Waals surface area contributed by atoms with Crippen molar-refractivity contribution in [3.8, 4) is 0 Å². The van der Waals surface area contributed by atoms with E-state index in [9.17, 15) is 17.9 Å². The van der Waals surface area contributed by atoms with Crippen molar-refractivity contribution in [3.05, 3.63) is 0 Å². The van der Waals surface area contributed by atoms with Gasteiger partial charge in [-0.05, 0) is 26.4 Å². The Morgan fingerprint density at radius 3 is 2.71 bits per heavy atom. The van der Waals surface area contributed by atoms with Gasteiger partial charge in [-0.3, -0.25) is 9.12 Å². The number of hydrogen-bond donors (Lipinski definition) is 2. The van der Waals surface area contributed by atoms with Gasteiger partial charge >= 0.3 is 7.60 Å². The maximum atomic E-state index is 11.6. The lowest BCUT2D eigenvalue weighted by atomic mass is 10.1. The summed E-state index contributed by atoms with van der Waals surface area (Å²) < 4.78 is 46.1. The van der Waals surface area contributed by atoms with E-state index in [1.807, 2.05) is 11.9 Å². The summed E-state index contributed by atoms with van der Waals surface area (Å²) in [5, 5.41) is 0. The lowest BCUT2D eigenvalue weighted by molar-refractivity contribution is 0.0929. The monoisotopic (exact) mass is 287 g/mol. The SMILES string of the molecule is CN1CCCC(OP(=O)(O)CCS(=O)(=O)O)C1. The van der Waals surface area contributed by atoms with Gasteiger partial charge in [0, 0.05) is 6.54 Å². The fourth-order valence-corrected chi connectivity index (χ4v) is 4.31. The fraction of sp³-hybridized carbons (Fsp3) is 1.00. The van der Waals surface area contributed by atoms with Crippen LogP contribution < -0.4 is 0 Å². The maximum absolute atomic E-state index is 11.6. The van der Waals surface area contributed by atoms with Gasteiger partial charge in [-0.15, -0.1) is 0 Å². The van der Waals surface area contributed by atoms with Crippen molar-refractivity contribution >= 4 is 17.7 Å². The van der Waals surface area contributed by atoms with E-state index in [4.69, 9.17) is 9.08 Å². The molecule has 7 nitrogen and oxygen atoms in total. The number of rotatable bonds is 5. The lowest BCUT2D eigenvalue weighted by Crippen LogP contribution is -2.36. The van der Waals surface area contributed by atoms with Crippen LogP contribution in [0.25, 0.3) is 0 Å². The molecule has 1 heterocycles. The molecule has 2 atom stereocenters. The van der Waals surface area contributed by atoms with Crippen LogP contribution in [-0.4, -0.2) is 60.9 Å². The van der Waals surface area contributed by atoms with Crippen LogP contribution in [0, 0.1) is 0 Å². The first-order chi connectivity index (χ1) is 7.68. The van der Waals surface area contributed by atoms with Crippen molar-refractivity contribution in [1.82, 2.24) is 4.90 Å². The predicted octanol–water partition coefficient (Wildman–Crippen LogP) is 0.170. The van der Waals surface area contributed by atoms with E-state index in [0.29, 0.717) is 13.0 Å². The largest absolute Gasteiger partial charge is 0.329 e. The summed E-state index contributed by atoms with van der Waals surface area (Å²) in [6.45, 7) is 1.47. The summed E-state index contributed by atoms with van der Waals surface area (Å²) in [6.07, 6.45) is 0.623. The Hall–Kier alpha value is 0.0200. The highest BCUT2D eigenvalue weighted by Gasteiger charge is 2.29. The molecule has 0 aromatic rings. The van der Waals surface area contributed by atoms with Crippen LogP contribution >= 0.6 is 7.60 Å². The third kappa shape index (κ3) is 6.49. The van der Waals surface area contributed by atoms with Gasteiger partial charge in [0.2, 0.25) is 0 Å². The zero-order chi connectivity index (χ0) is 13.1. The van der Waals surface area contributed by atoms with E-state index in [1.54, 1.807) is 0 Å². The normalized spacial score (nSPS) is 26.6. The van der Waals surface area contributed by atoms with Gasteiger partial charge in [-0.2, -0.15) is 8.42 Å². The van der Waals surface area contributed by atoms with Crippen molar-refractivity contribution < 1.29 is 27.0 Å². The van der Waals surface area contributed by atoms with Crippen LogP contribution in [0.15, 0.2) is 0 Å². The minimum Gasteiger partial charge on any atom is -0.324 e. The van der Waals surface area contributed by atoms with Gasteiger partial charge in [0.25, 0.3) is 10.1 Å². The molecule has 1 saturated heterocycles. The Morgan fingerprint density at radius 2 is 2.18 bits per heavy atom. The summed E-state index contributed by atoms with van der Waals surface area (Å²) in [4.78, 5) is 11.4. The van der Waals surface area contributed by atoms with Gasteiger partial charge in [0.05, 0.1) is 18.0 Å². The van der Waals surface area contributed by atoms with Crippen LogP contribution in [0.5, 0.6) is 0 Å². The quantitative estimate of drug-likeness (QED) is 0.548. The maximum Gasteiger partial charge on any atom is 0.329 e. The summed E-state index contributed by atoms with van der Waals surface area (Å²) in [5.41, 5.74) is 0. The molecule has 102 valence electrons. The van der Waals surface area contributed by atoms with Crippen LogP contribution in [-0.2, 0) is 19.2 Å². The molecule has 0 saturated carbocycles. The van der Waals surface area contributed by atoms with Crippen molar-refractivity contribution in [1.29, 1.82) is 0 Å². The Labute approximate surface area is 101 Å². The smallest absolute Gasteiger partial charge is 0.324 e. The van der Waals surface area contributed by atoms with Crippen LogP contribution in [0.1, 0.15) is 12.8 Å². The van der Waals surface area contributed by atoms with Gasteiger partial charge in [0.1, 0.15) is 0 Å². The first-order valence-corrected chi connectivity index (χ1v) is 8.69. The Balaban J connectivity index is 2.45. The second kappa shape index (κ2) is 5.77.